The summed E-state index contributed by atoms with van der Waals surface area (Å²) in [6, 6.07) is 12.2. The van der Waals surface area contributed by atoms with Crippen LogP contribution < -0.4 is 34.1 Å². The second kappa shape index (κ2) is 19.1. The highest BCUT2D eigenvalue weighted by Gasteiger charge is 2.34. The molecule has 8 rings (SSSR count). The number of benzene rings is 2. The normalized spacial score (nSPS) is 20.8. The molecule has 2 atom stereocenters. The molecule has 0 bridgehead atoms. The van der Waals surface area contributed by atoms with Crippen LogP contribution in [0.1, 0.15) is 72.1 Å². The van der Waals surface area contributed by atoms with Gasteiger partial charge in [0, 0.05) is 85.9 Å². The molecule has 2 aromatic carbocycles. The van der Waals surface area contributed by atoms with E-state index in [0.29, 0.717) is 17.6 Å². The van der Waals surface area contributed by atoms with Crippen molar-refractivity contribution in [3.8, 4) is 23.0 Å². The molecule has 0 spiro atoms. The summed E-state index contributed by atoms with van der Waals surface area (Å²) in [7, 11) is 6.66. The number of nitrogens with zero attached hydrogens (tertiary/aromatic N) is 5. The summed E-state index contributed by atoms with van der Waals surface area (Å²) < 4.78 is 27.5. The number of aromatic nitrogens is 2. The third-order valence-electron chi connectivity index (χ3n) is 13.0. The van der Waals surface area contributed by atoms with Gasteiger partial charge < -0.3 is 43.7 Å². The van der Waals surface area contributed by atoms with Crippen LogP contribution in [0, 0.1) is 23.7 Å². The van der Waals surface area contributed by atoms with Crippen molar-refractivity contribution in [3.63, 3.8) is 0 Å². The quantitative estimate of drug-likeness (QED) is 0.185. The molecule has 12 nitrogen and oxygen atoms in total. The fourth-order valence-electron chi connectivity index (χ4n) is 9.86. The van der Waals surface area contributed by atoms with Crippen molar-refractivity contribution in [2.24, 2.45) is 23.7 Å². The molecule has 59 heavy (non-hydrogen) atoms. The molecule has 4 fully saturated rings. The van der Waals surface area contributed by atoms with Crippen molar-refractivity contribution in [3.05, 3.63) is 48.8 Å². The van der Waals surface area contributed by atoms with Gasteiger partial charge in [-0.15, -0.1) is 0 Å². The first-order valence-corrected chi connectivity index (χ1v) is 21.8. The Morgan fingerprint density at radius 3 is 1.56 bits per heavy atom. The summed E-state index contributed by atoms with van der Waals surface area (Å²) in [5, 5.41) is 5.80. The van der Waals surface area contributed by atoms with Gasteiger partial charge in [-0.05, 0) is 133 Å². The number of carbonyl (C=O) groups excluding carboxylic acids is 1. The highest BCUT2D eigenvalue weighted by molar-refractivity contribution is 5.95. The minimum absolute atomic E-state index is 0.169. The number of hydrogen-bond acceptors (Lipinski definition) is 11. The second-order valence-corrected chi connectivity index (χ2v) is 17.7. The van der Waals surface area contributed by atoms with E-state index >= 15 is 0 Å². The van der Waals surface area contributed by atoms with Crippen LogP contribution in [0.15, 0.2) is 48.8 Å². The Morgan fingerprint density at radius 1 is 0.627 bits per heavy atom. The summed E-state index contributed by atoms with van der Waals surface area (Å²) in [5.74, 6) is 5.82. The lowest BCUT2D eigenvalue weighted by Gasteiger charge is -2.41. The number of pyridine rings is 2. The van der Waals surface area contributed by atoms with Crippen LogP contribution in [-0.2, 0) is 4.74 Å². The number of hydrogen-bond donors (Lipinski definition) is 1. The molecule has 0 radical (unpaired) electrons. The average Bonchev–Trinajstić information content (AvgIpc) is 3.27. The van der Waals surface area contributed by atoms with Gasteiger partial charge in [-0.25, -0.2) is 4.79 Å². The minimum Gasteiger partial charge on any atom is -0.493 e. The topological polar surface area (TPSA) is 111 Å². The van der Waals surface area contributed by atoms with E-state index in [1.54, 1.807) is 28.4 Å². The maximum absolute atomic E-state index is 12.6. The largest absolute Gasteiger partial charge is 0.493 e. The molecule has 1 amide bonds. The number of fused-ring (bicyclic) bond motifs is 2. The van der Waals surface area contributed by atoms with Gasteiger partial charge in [0.1, 0.15) is 5.60 Å². The van der Waals surface area contributed by atoms with Crippen molar-refractivity contribution in [1.29, 1.82) is 0 Å². The van der Waals surface area contributed by atoms with E-state index in [0.717, 1.165) is 109 Å². The SMILES string of the molecule is COc1cc2nccc(N3CCC(C4CCCN(C(=O)OC(C)(C)C)C4)CC3)c2cc1OC.COc1cc2nccc(N3CCC(C4CCCNC4)CC3)c2cc1OC. The van der Waals surface area contributed by atoms with Gasteiger partial charge in [-0.1, -0.05) is 0 Å². The Morgan fingerprint density at radius 2 is 1.10 bits per heavy atom. The lowest BCUT2D eigenvalue weighted by atomic mass is 9.79. The number of rotatable bonds is 8. The first-order valence-electron chi connectivity index (χ1n) is 21.8. The predicted molar refractivity (Wildman–Crippen MR) is 236 cm³/mol. The molecule has 0 aliphatic carbocycles. The van der Waals surface area contributed by atoms with Gasteiger partial charge in [0.2, 0.25) is 0 Å². The number of amides is 1. The monoisotopic (exact) mass is 811 g/mol. The van der Waals surface area contributed by atoms with Gasteiger partial charge in [-0.3, -0.25) is 9.97 Å². The summed E-state index contributed by atoms with van der Waals surface area (Å²) in [4.78, 5) is 28.6. The third-order valence-corrected chi connectivity index (χ3v) is 13.0. The molecule has 2 aromatic heterocycles. The molecule has 6 heterocycles. The Labute approximate surface area is 350 Å². The molecule has 1 N–H and O–H groups in total. The molecule has 4 aromatic rings. The molecule has 4 aliphatic heterocycles. The summed E-state index contributed by atoms with van der Waals surface area (Å²) in [6.07, 6.45) is 13.4. The molecule has 320 valence electrons. The zero-order chi connectivity index (χ0) is 41.5. The van der Waals surface area contributed by atoms with Crippen LogP contribution in [-0.4, -0.2) is 107 Å². The van der Waals surface area contributed by atoms with Crippen LogP contribution >= 0.6 is 0 Å². The van der Waals surface area contributed by atoms with Gasteiger partial charge in [-0.2, -0.15) is 0 Å². The van der Waals surface area contributed by atoms with Crippen LogP contribution in [0.2, 0.25) is 0 Å². The summed E-state index contributed by atoms with van der Waals surface area (Å²) in [5.41, 5.74) is 3.87. The molecule has 12 heteroatoms. The van der Waals surface area contributed by atoms with Gasteiger partial charge in [0.15, 0.2) is 23.0 Å². The van der Waals surface area contributed by atoms with Crippen molar-refractivity contribution >= 4 is 39.3 Å². The predicted octanol–water partition coefficient (Wildman–Crippen LogP) is 8.58. The van der Waals surface area contributed by atoms with E-state index in [-0.39, 0.29) is 6.09 Å². The lowest BCUT2D eigenvalue weighted by Crippen LogP contribution is -2.46. The van der Waals surface area contributed by atoms with E-state index in [4.69, 9.17) is 23.7 Å². The standard InChI is InChI=1S/C26H37N3O4.C21H29N3O2/c1-26(2,3)33-25(30)29-12-6-7-19(17-29)18-9-13-28(14-10-18)22-8-11-27-21-16-24(32-5)23(31-4)15-20(21)22;1-25-20-12-17-18(13-21(20)26-2)23-9-5-19(17)24-10-6-15(7-11-24)16-4-3-8-22-14-16/h8,11,15-16,18-19H,6-7,9-10,12-14,17H2,1-5H3;5,9,12-13,15-16,22H,3-4,6-8,10-11,14H2,1-2H3. The smallest absolute Gasteiger partial charge is 0.410 e. The van der Waals surface area contributed by atoms with Crippen molar-refractivity contribution in [2.75, 3.05) is 90.6 Å². The van der Waals surface area contributed by atoms with Crippen LogP contribution in [0.25, 0.3) is 21.8 Å². The number of carbonyl (C=O) groups is 1. The molecular weight excluding hydrogens is 745 g/mol. The molecule has 0 saturated carbocycles. The zero-order valence-electron chi connectivity index (χ0n) is 36.4. The van der Waals surface area contributed by atoms with E-state index in [1.807, 2.05) is 56.3 Å². The Hall–Kier alpha value is -4.71. The number of nitrogens with one attached hydrogen (secondary N) is 1. The summed E-state index contributed by atoms with van der Waals surface area (Å²) >= 11 is 0. The van der Waals surface area contributed by atoms with Gasteiger partial charge in [0.05, 0.1) is 39.5 Å². The van der Waals surface area contributed by atoms with Crippen molar-refractivity contribution in [1.82, 2.24) is 20.2 Å². The van der Waals surface area contributed by atoms with Crippen molar-refractivity contribution < 1.29 is 28.5 Å². The fourth-order valence-corrected chi connectivity index (χ4v) is 9.86. The Balaban J connectivity index is 0.000000184. The van der Waals surface area contributed by atoms with E-state index in [9.17, 15) is 4.79 Å². The van der Waals surface area contributed by atoms with E-state index < -0.39 is 5.60 Å². The zero-order valence-corrected chi connectivity index (χ0v) is 36.4. The maximum atomic E-state index is 12.6. The van der Waals surface area contributed by atoms with Crippen LogP contribution in [0.4, 0.5) is 16.2 Å². The van der Waals surface area contributed by atoms with Crippen LogP contribution in [0.5, 0.6) is 23.0 Å². The average molecular weight is 811 g/mol. The first kappa shape index (κ1) is 42.4. The highest BCUT2D eigenvalue weighted by Crippen LogP contribution is 2.40. The highest BCUT2D eigenvalue weighted by atomic mass is 16.6. The van der Waals surface area contributed by atoms with Gasteiger partial charge in [0.25, 0.3) is 0 Å². The fraction of sp³-hybridized carbons (Fsp3) is 0.596. The third kappa shape index (κ3) is 10.0. The Kier molecular flexibility index (Phi) is 13.7. The van der Waals surface area contributed by atoms with Gasteiger partial charge >= 0.3 is 6.09 Å². The number of likely N-dealkylation sites (tertiary alicyclic amines) is 1. The summed E-state index contributed by atoms with van der Waals surface area (Å²) in [6.45, 7) is 14.0. The number of anilines is 2. The second-order valence-electron chi connectivity index (χ2n) is 17.7. The maximum Gasteiger partial charge on any atom is 0.410 e. The lowest BCUT2D eigenvalue weighted by molar-refractivity contribution is 0.0120. The molecule has 4 saturated heterocycles. The number of methoxy groups -OCH3 is 4. The van der Waals surface area contributed by atoms with Crippen molar-refractivity contribution in [2.45, 2.75) is 77.7 Å². The minimum atomic E-state index is -0.449. The van der Waals surface area contributed by atoms with E-state index in [1.165, 1.54) is 56.6 Å². The van der Waals surface area contributed by atoms with Crippen LogP contribution in [0.3, 0.4) is 0 Å². The number of piperidine rings is 4. The first-order chi connectivity index (χ1) is 28.6. The molecule has 2 unspecified atom stereocenters. The number of ether oxygens (including phenoxy) is 5. The Bertz CT molecular complexity index is 2020. The molecule has 4 aliphatic rings. The van der Waals surface area contributed by atoms with E-state index in [2.05, 4.69) is 43.3 Å². The molecular formula is C47H66N6O6.